The highest BCUT2D eigenvalue weighted by Gasteiger charge is 2.31. The van der Waals surface area contributed by atoms with Gasteiger partial charge in [-0.15, -0.1) is 0 Å². The largest absolute Gasteiger partial charge is 0.506 e. The number of phenols is 1. The Morgan fingerprint density at radius 1 is 1.00 bits per heavy atom. The van der Waals surface area contributed by atoms with Crippen molar-refractivity contribution in [1.29, 1.82) is 0 Å². The summed E-state index contributed by atoms with van der Waals surface area (Å²) in [6.45, 7) is 3.26. The Kier molecular flexibility index (Phi) is 4.22. The molecule has 1 amide bonds. The van der Waals surface area contributed by atoms with Crippen LogP contribution in [0.1, 0.15) is 5.56 Å². The van der Waals surface area contributed by atoms with Crippen LogP contribution in [0.3, 0.4) is 0 Å². The Balaban J connectivity index is 1.38. The Labute approximate surface area is 147 Å². The van der Waals surface area contributed by atoms with Crippen molar-refractivity contribution in [3.8, 4) is 11.5 Å². The second kappa shape index (κ2) is 6.67. The van der Waals surface area contributed by atoms with Crippen molar-refractivity contribution in [1.82, 2.24) is 4.90 Å². The molecule has 2 aliphatic heterocycles. The number of phenolic OH excluding ortho intramolecular Hbond substituents is 1. The maximum Gasteiger partial charge on any atom is 0.229 e. The van der Waals surface area contributed by atoms with Crippen LogP contribution in [0.15, 0.2) is 48.5 Å². The monoisotopic (exact) mass is 338 g/mol. The third kappa shape index (κ3) is 3.14. The van der Waals surface area contributed by atoms with Gasteiger partial charge in [0.15, 0.2) is 0 Å². The topological polar surface area (TPSA) is 53.0 Å². The number of benzene rings is 2. The van der Waals surface area contributed by atoms with Gasteiger partial charge in [-0.2, -0.15) is 0 Å². The van der Waals surface area contributed by atoms with Crippen LogP contribution in [0.4, 0.5) is 5.69 Å². The third-order valence-electron chi connectivity index (χ3n) is 5.04. The number of hydrogen-bond acceptors (Lipinski definition) is 4. The molecule has 5 nitrogen and oxygen atoms in total. The second-order valence-electron chi connectivity index (χ2n) is 6.62. The predicted molar refractivity (Wildman–Crippen MR) is 96.0 cm³/mol. The number of nitrogens with zero attached hydrogens (tertiary/aromatic N) is 2. The van der Waals surface area contributed by atoms with Gasteiger partial charge in [-0.3, -0.25) is 4.79 Å². The average molecular weight is 338 g/mol. The van der Waals surface area contributed by atoms with E-state index in [1.165, 1.54) is 0 Å². The van der Waals surface area contributed by atoms with E-state index in [1.54, 1.807) is 6.07 Å². The molecule has 0 radical (unpaired) electrons. The summed E-state index contributed by atoms with van der Waals surface area (Å²) in [7, 11) is 0. The minimum Gasteiger partial charge on any atom is -0.506 e. The predicted octanol–water partition coefficient (Wildman–Crippen LogP) is 2.29. The number of rotatable bonds is 2. The number of piperazine rings is 1. The number of carbonyl (C=O) groups is 1. The first-order valence-corrected chi connectivity index (χ1v) is 8.75. The summed E-state index contributed by atoms with van der Waals surface area (Å²) < 4.78 is 5.76. The lowest BCUT2D eigenvalue weighted by molar-refractivity contribution is -0.137. The van der Waals surface area contributed by atoms with Crippen LogP contribution in [0.25, 0.3) is 0 Å². The summed E-state index contributed by atoms with van der Waals surface area (Å²) in [6.07, 6.45) is 0.745. The van der Waals surface area contributed by atoms with Crippen molar-refractivity contribution in [2.75, 3.05) is 37.7 Å². The van der Waals surface area contributed by atoms with Gasteiger partial charge in [0.05, 0.1) is 11.6 Å². The molecule has 1 N–H and O–H groups in total. The fourth-order valence-electron chi connectivity index (χ4n) is 3.64. The van der Waals surface area contributed by atoms with Crippen molar-refractivity contribution < 1.29 is 14.6 Å². The molecule has 1 atom stereocenters. The molecule has 2 heterocycles. The number of aromatic hydroxyl groups is 1. The summed E-state index contributed by atoms with van der Waals surface area (Å²) in [5.74, 6) is 1.26. The quantitative estimate of drug-likeness (QED) is 0.913. The van der Waals surface area contributed by atoms with Crippen molar-refractivity contribution in [2.24, 2.45) is 5.92 Å². The van der Waals surface area contributed by atoms with Gasteiger partial charge in [0.25, 0.3) is 0 Å². The van der Waals surface area contributed by atoms with Gasteiger partial charge in [0.2, 0.25) is 5.91 Å². The molecule has 2 aromatic carbocycles. The lowest BCUT2D eigenvalue weighted by atomic mass is 9.95. The van der Waals surface area contributed by atoms with Gasteiger partial charge in [0.1, 0.15) is 18.1 Å². The van der Waals surface area contributed by atoms with Gasteiger partial charge in [-0.05, 0) is 30.2 Å². The maximum atomic E-state index is 12.9. The fraction of sp³-hybridized carbons (Fsp3) is 0.350. The lowest BCUT2D eigenvalue weighted by Crippen LogP contribution is -2.51. The minimum absolute atomic E-state index is 0.105. The standard InChI is InChI=1S/C20H22N2O3/c23-18-7-3-2-6-17(18)21-9-11-22(12-10-21)20(24)16-13-15-5-1-4-8-19(15)25-14-16/h1-8,16,23H,9-14H2. The SMILES string of the molecule is O=C(C1COc2ccccc2C1)N1CCN(c2ccccc2O)CC1. The normalized spacial score (nSPS) is 19.9. The molecule has 4 rings (SSSR count). The van der Waals surface area contributed by atoms with E-state index in [-0.39, 0.29) is 11.8 Å². The lowest BCUT2D eigenvalue weighted by Gasteiger charge is -2.38. The van der Waals surface area contributed by atoms with E-state index in [0.29, 0.717) is 25.4 Å². The highest BCUT2D eigenvalue weighted by Crippen LogP contribution is 2.29. The van der Waals surface area contributed by atoms with E-state index in [0.717, 1.165) is 36.5 Å². The smallest absolute Gasteiger partial charge is 0.229 e. The van der Waals surface area contributed by atoms with E-state index >= 15 is 0 Å². The summed E-state index contributed by atoms with van der Waals surface area (Å²) in [5, 5.41) is 10.00. The van der Waals surface area contributed by atoms with Crippen LogP contribution in [-0.2, 0) is 11.2 Å². The van der Waals surface area contributed by atoms with E-state index in [9.17, 15) is 9.90 Å². The first-order chi connectivity index (χ1) is 12.2. The number of fused-ring (bicyclic) bond motifs is 1. The molecular weight excluding hydrogens is 316 g/mol. The Hall–Kier alpha value is -2.69. The number of ether oxygens (including phenoxy) is 1. The van der Waals surface area contributed by atoms with Crippen molar-refractivity contribution in [3.05, 3.63) is 54.1 Å². The van der Waals surface area contributed by atoms with Crippen LogP contribution >= 0.6 is 0 Å². The van der Waals surface area contributed by atoms with Crippen molar-refractivity contribution in [2.45, 2.75) is 6.42 Å². The summed E-state index contributed by atoms with van der Waals surface area (Å²) in [5.41, 5.74) is 1.95. The molecule has 2 aliphatic rings. The molecule has 5 heteroatoms. The molecular formula is C20H22N2O3. The summed E-state index contributed by atoms with van der Waals surface area (Å²) in [4.78, 5) is 16.9. The zero-order valence-corrected chi connectivity index (χ0v) is 14.1. The van der Waals surface area contributed by atoms with E-state index < -0.39 is 0 Å². The van der Waals surface area contributed by atoms with Gasteiger partial charge in [-0.1, -0.05) is 30.3 Å². The number of carbonyl (C=O) groups excluding carboxylic acids is 1. The van der Waals surface area contributed by atoms with Crippen molar-refractivity contribution >= 4 is 11.6 Å². The molecule has 0 aromatic heterocycles. The highest BCUT2D eigenvalue weighted by atomic mass is 16.5. The Bertz CT molecular complexity index is 769. The first-order valence-electron chi connectivity index (χ1n) is 8.75. The van der Waals surface area contributed by atoms with Crippen LogP contribution in [0, 0.1) is 5.92 Å². The zero-order chi connectivity index (χ0) is 17.2. The van der Waals surface area contributed by atoms with Gasteiger partial charge in [-0.25, -0.2) is 0 Å². The minimum atomic E-state index is -0.105. The molecule has 0 aliphatic carbocycles. The van der Waals surface area contributed by atoms with Crippen LogP contribution in [0.2, 0.25) is 0 Å². The molecule has 1 saturated heterocycles. The molecule has 1 unspecified atom stereocenters. The molecule has 130 valence electrons. The number of para-hydroxylation sites is 3. The van der Waals surface area contributed by atoms with Crippen LogP contribution in [0.5, 0.6) is 11.5 Å². The first kappa shape index (κ1) is 15.8. The van der Waals surface area contributed by atoms with Crippen LogP contribution < -0.4 is 9.64 Å². The molecule has 1 fully saturated rings. The van der Waals surface area contributed by atoms with E-state index in [2.05, 4.69) is 4.90 Å². The number of hydrogen-bond donors (Lipinski definition) is 1. The van der Waals surface area contributed by atoms with E-state index in [4.69, 9.17) is 4.74 Å². The molecule has 0 spiro atoms. The zero-order valence-electron chi connectivity index (χ0n) is 14.1. The fourth-order valence-corrected chi connectivity index (χ4v) is 3.64. The maximum absolute atomic E-state index is 12.9. The molecule has 25 heavy (non-hydrogen) atoms. The van der Waals surface area contributed by atoms with Gasteiger partial charge in [0, 0.05) is 26.2 Å². The highest BCUT2D eigenvalue weighted by molar-refractivity contribution is 5.80. The van der Waals surface area contributed by atoms with Gasteiger partial charge >= 0.3 is 0 Å². The second-order valence-corrected chi connectivity index (χ2v) is 6.62. The summed E-state index contributed by atoms with van der Waals surface area (Å²) in [6, 6.07) is 15.3. The average Bonchev–Trinajstić information content (AvgIpc) is 2.67. The van der Waals surface area contributed by atoms with Crippen molar-refractivity contribution in [3.63, 3.8) is 0 Å². The Morgan fingerprint density at radius 3 is 2.52 bits per heavy atom. The number of amides is 1. The molecule has 0 bridgehead atoms. The number of anilines is 1. The molecule has 2 aromatic rings. The third-order valence-corrected chi connectivity index (χ3v) is 5.04. The Morgan fingerprint density at radius 2 is 1.72 bits per heavy atom. The summed E-state index contributed by atoms with van der Waals surface area (Å²) >= 11 is 0. The van der Waals surface area contributed by atoms with Crippen LogP contribution in [-0.4, -0.2) is 48.7 Å². The van der Waals surface area contributed by atoms with Gasteiger partial charge < -0.3 is 19.6 Å². The van der Waals surface area contributed by atoms with E-state index in [1.807, 2.05) is 47.4 Å². The molecule has 0 saturated carbocycles.